The maximum atomic E-state index is 8.78. The Morgan fingerprint density at radius 3 is 2.79 bits per heavy atom. The van der Waals surface area contributed by atoms with Crippen LogP contribution in [0.4, 0.5) is 0 Å². The maximum Gasteiger partial charge on any atom is 0.217 e. The van der Waals surface area contributed by atoms with Crippen molar-refractivity contribution >= 4 is 38.3 Å². The predicted octanol–water partition coefficient (Wildman–Crippen LogP) is 3.99. The van der Waals surface area contributed by atoms with E-state index in [2.05, 4.69) is 32.8 Å². The first-order valence-corrected chi connectivity index (χ1v) is 9.14. The third-order valence-electron chi connectivity index (χ3n) is 3.48. The van der Waals surface area contributed by atoms with Crippen LogP contribution < -0.4 is 4.74 Å². The lowest BCUT2D eigenvalue weighted by Crippen LogP contribution is -2.00. The Kier molecular flexibility index (Phi) is 4.07. The molecular weight excluding hydrogens is 340 g/mol. The molecule has 0 fully saturated rings. The average molecular weight is 352 g/mol. The summed E-state index contributed by atoms with van der Waals surface area (Å²) in [6.07, 6.45) is 0. The molecule has 5 nitrogen and oxygen atoms in total. The summed E-state index contributed by atoms with van der Waals surface area (Å²) in [6.45, 7) is 0.563. The summed E-state index contributed by atoms with van der Waals surface area (Å²) < 4.78 is 9.00. The number of nitrogens with zero attached hydrogens (tertiary/aromatic N) is 4. The van der Waals surface area contributed by atoms with Crippen molar-refractivity contribution in [3.63, 3.8) is 0 Å². The van der Waals surface area contributed by atoms with Crippen molar-refractivity contribution in [2.24, 2.45) is 0 Å². The molecule has 4 rings (SSSR count). The Morgan fingerprint density at radius 2 is 1.96 bits per heavy atom. The predicted molar refractivity (Wildman–Crippen MR) is 95.7 cm³/mol. The van der Waals surface area contributed by atoms with Gasteiger partial charge in [0.25, 0.3) is 0 Å². The minimum atomic E-state index is 0.563. The van der Waals surface area contributed by atoms with Gasteiger partial charge in [-0.05, 0) is 36.4 Å². The van der Waals surface area contributed by atoms with Crippen molar-refractivity contribution in [2.75, 3.05) is 12.4 Å². The highest BCUT2D eigenvalue weighted by molar-refractivity contribution is 7.99. The van der Waals surface area contributed by atoms with Crippen molar-refractivity contribution in [1.82, 2.24) is 14.6 Å². The van der Waals surface area contributed by atoms with Crippen LogP contribution in [0, 0.1) is 11.3 Å². The number of nitriles is 1. The first kappa shape index (κ1) is 15.0. The van der Waals surface area contributed by atoms with E-state index in [1.165, 1.54) is 4.70 Å². The summed E-state index contributed by atoms with van der Waals surface area (Å²) >= 11 is 3.26. The van der Waals surface area contributed by atoms with Gasteiger partial charge in [-0.1, -0.05) is 35.2 Å². The molecule has 4 aromatic rings. The number of hydrogen-bond acceptors (Lipinski definition) is 6. The van der Waals surface area contributed by atoms with Gasteiger partial charge in [0.1, 0.15) is 5.75 Å². The third-order valence-corrected chi connectivity index (χ3v) is 5.38. The van der Waals surface area contributed by atoms with Crippen molar-refractivity contribution < 1.29 is 4.74 Å². The van der Waals surface area contributed by atoms with E-state index in [0.717, 1.165) is 27.1 Å². The van der Waals surface area contributed by atoms with Crippen LogP contribution in [0.15, 0.2) is 53.7 Å². The fourth-order valence-electron chi connectivity index (χ4n) is 2.37. The molecule has 0 radical (unpaired) electrons. The number of rotatable bonds is 5. The van der Waals surface area contributed by atoms with Gasteiger partial charge in [0.2, 0.25) is 4.96 Å². The highest BCUT2D eigenvalue weighted by Gasteiger charge is 2.12. The topological polar surface area (TPSA) is 63.2 Å². The fourth-order valence-corrected chi connectivity index (χ4v) is 4.15. The Balaban J connectivity index is 1.42. The first-order chi connectivity index (χ1) is 11.8. The van der Waals surface area contributed by atoms with E-state index in [4.69, 9.17) is 10.00 Å². The molecule has 7 heteroatoms. The molecule has 118 valence electrons. The Hall–Kier alpha value is -2.56. The number of thioether (sulfide) groups is 1. The molecule has 24 heavy (non-hydrogen) atoms. The zero-order valence-corrected chi connectivity index (χ0v) is 14.2. The molecule has 2 aromatic heterocycles. The number of aromatic nitrogens is 3. The second kappa shape index (κ2) is 6.51. The molecule has 2 aromatic carbocycles. The summed E-state index contributed by atoms with van der Waals surface area (Å²) in [5.74, 6) is 1.53. The molecule has 0 bridgehead atoms. The zero-order valence-electron chi connectivity index (χ0n) is 12.5. The largest absolute Gasteiger partial charge is 0.493 e. The van der Waals surface area contributed by atoms with Gasteiger partial charge in [0, 0.05) is 5.75 Å². The van der Waals surface area contributed by atoms with Crippen LogP contribution in [-0.4, -0.2) is 27.0 Å². The number of fused-ring (bicyclic) bond motifs is 3. The minimum absolute atomic E-state index is 0.563. The zero-order chi connectivity index (χ0) is 16.4. The molecule has 0 aliphatic heterocycles. The first-order valence-electron chi connectivity index (χ1n) is 7.33. The molecule has 0 saturated carbocycles. The van der Waals surface area contributed by atoms with Gasteiger partial charge >= 0.3 is 0 Å². The SMILES string of the molecule is N#Cc1ccc(OCCSc2nnc3sc4ccccc4n23)cc1. The molecule has 2 heterocycles. The fraction of sp³-hybridized carbons (Fsp3) is 0.118. The van der Waals surface area contributed by atoms with Crippen molar-refractivity contribution in [3.05, 3.63) is 54.1 Å². The summed E-state index contributed by atoms with van der Waals surface area (Å²) in [7, 11) is 0. The second-order valence-electron chi connectivity index (χ2n) is 5.00. The van der Waals surface area contributed by atoms with Crippen molar-refractivity contribution in [2.45, 2.75) is 5.16 Å². The summed E-state index contributed by atoms with van der Waals surface area (Å²) in [4.78, 5) is 0.909. The van der Waals surface area contributed by atoms with Crippen LogP contribution in [0.1, 0.15) is 5.56 Å². The summed E-state index contributed by atoms with van der Waals surface area (Å²) in [6, 6.07) is 17.5. The van der Waals surface area contributed by atoms with Gasteiger partial charge in [-0.15, -0.1) is 10.2 Å². The molecule has 0 saturated heterocycles. The normalized spacial score (nSPS) is 11.0. The van der Waals surface area contributed by atoms with Crippen molar-refractivity contribution in [1.29, 1.82) is 5.26 Å². The Bertz CT molecular complexity index is 1030. The van der Waals surface area contributed by atoms with Crippen LogP contribution in [0.2, 0.25) is 0 Å². The highest BCUT2D eigenvalue weighted by atomic mass is 32.2. The van der Waals surface area contributed by atoms with Crippen LogP contribution in [-0.2, 0) is 0 Å². The second-order valence-corrected chi connectivity index (χ2v) is 7.07. The lowest BCUT2D eigenvalue weighted by atomic mass is 10.2. The molecule has 0 atom stereocenters. The van der Waals surface area contributed by atoms with E-state index in [1.807, 2.05) is 24.3 Å². The number of thiazole rings is 1. The van der Waals surface area contributed by atoms with E-state index in [0.29, 0.717) is 12.2 Å². The van der Waals surface area contributed by atoms with Gasteiger partial charge in [0.05, 0.1) is 28.5 Å². The number of para-hydroxylation sites is 1. The van der Waals surface area contributed by atoms with E-state index >= 15 is 0 Å². The maximum absolute atomic E-state index is 8.78. The summed E-state index contributed by atoms with van der Waals surface area (Å²) in [5, 5.41) is 18.2. The lowest BCUT2D eigenvalue weighted by Gasteiger charge is -2.05. The molecule has 0 unspecified atom stereocenters. The monoisotopic (exact) mass is 352 g/mol. The Labute approximate surface area is 146 Å². The highest BCUT2D eigenvalue weighted by Crippen LogP contribution is 2.29. The Morgan fingerprint density at radius 1 is 1.12 bits per heavy atom. The van der Waals surface area contributed by atoms with Gasteiger partial charge < -0.3 is 4.74 Å². The minimum Gasteiger partial charge on any atom is -0.493 e. The molecule has 0 aliphatic carbocycles. The summed E-state index contributed by atoms with van der Waals surface area (Å²) in [5.41, 5.74) is 1.77. The van der Waals surface area contributed by atoms with E-state index in [1.54, 1.807) is 35.2 Å². The quantitative estimate of drug-likeness (QED) is 0.401. The number of benzene rings is 2. The molecular formula is C17H12N4OS2. The van der Waals surface area contributed by atoms with E-state index < -0.39 is 0 Å². The van der Waals surface area contributed by atoms with E-state index in [-0.39, 0.29) is 0 Å². The standard InChI is InChI=1S/C17H12N4OS2/c18-11-12-5-7-13(8-6-12)22-9-10-23-16-19-20-17-21(16)14-3-1-2-4-15(14)24-17/h1-8H,9-10H2. The lowest BCUT2D eigenvalue weighted by molar-refractivity contribution is 0.344. The molecule has 0 aliphatic rings. The van der Waals surface area contributed by atoms with Crippen LogP contribution >= 0.6 is 23.1 Å². The molecule has 0 amide bonds. The van der Waals surface area contributed by atoms with Gasteiger partial charge in [-0.2, -0.15) is 5.26 Å². The van der Waals surface area contributed by atoms with Gasteiger partial charge in [-0.25, -0.2) is 0 Å². The molecule has 0 spiro atoms. The van der Waals surface area contributed by atoms with Gasteiger partial charge in [0.15, 0.2) is 5.16 Å². The van der Waals surface area contributed by atoms with Crippen LogP contribution in [0.3, 0.4) is 0 Å². The average Bonchev–Trinajstić information content (AvgIpc) is 3.18. The van der Waals surface area contributed by atoms with Crippen LogP contribution in [0.5, 0.6) is 5.75 Å². The van der Waals surface area contributed by atoms with E-state index in [9.17, 15) is 0 Å². The smallest absolute Gasteiger partial charge is 0.217 e. The molecule has 0 N–H and O–H groups in total. The number of hydrogen-bond donors (Lipinski definition) is 0. The van der Waals surface area contributed by atoms with Crippen LogP contribution in [0.25, 0.3) is 15.2 Å². The van der Waals surface area contributed by atoms with Gasteiger partial charge in [-0.3, -0.25) is 4.40 Å². The number of ether oxygens (including phenoxy) is 1. The third kappa shape index (κ3) is 2.82. The van der Waals surface area contributed by atoms with Crippen molar-refractivity contribution in [3.8, 4) is 11.8 Å².